The highest BCUT2D eigenvalue weighted by atomic mass is 16.4. The van der Waals surface area contributed by atoms with Crippen molar-refractivity contribution in [3.8, 4) is 0 Å². The average Bonchev–Trinajstić information content (AvgIpc) is 2.65. The maximum absolute atomic E-state index is 11.3. The molecular weight excluding hydrogens is 206 g/mol. The molecule has 0 radical (unpaired) electrons. The lowest BCUT2D eigenvalue weighted by Gasteiger charge is -2.17. The number of carbonyl (C=O) groups is 1. The minimum atomic E-state index is -0.823. The molecule has 2 rings (SSSR count). The highest BCUT2D eigenvalue weighted by Gasteiger charge is 2.25. The van der Waals surface area contributed by atoms with E-state index < -0.39 is 11.9 Å². The molecule has 0 aliphatic rings. The number of hydrogen-bond donors (Lipinski definition) is 1. The Morgan fingerprint density at radius 1 is 1.44 bits per heavy atom. The molecule has 0 aromatic carbocycles. The molecular formula is C11H13N3O2. The van der Waals surface area contributed by atoms with Crippen LogP contribution in [0.3, 0.4) is 0 Å². The topological polar surface area (TPSA) is 67.5 Å². The van der Waals surface area contributed by atoms with Crippen molar-refractivity contribution in [2.45, 2.75) is 19.8 Å². The van der Waals surface area contributed by atoms with Gasteiger partial charge in [0.2, 0.25) is 0 Å². The van der Waals surface area contributed by atoms with E-state index in [0.717, 1.165) is 0 Å². The van der Waals surface area contributed by atoms with Crippen LogP contribution in [0.2, 0.25) is 0 Å². The first kappa shape index (κ1) is 10.6. The van der Waals surface area contributed by atoms with Crippen molar-refractivity contribution in [3.05, 3.63) is 30.2 Å². The highest BCUT2D eigenvalue weighted by molar-refractivity contribution is 5.76. The van der Waals surface area contributed by atoms with E-state index >= 15 is 0 Å². The zero-order valence-corrected chi connectivity index (χ0v) is 9.16. The SMILES string of the molecule is CC(C)C(C(=O)O)c1cccc2nncn12. The van der Waals surface area contributed by atoms with Gasteiger partial charge in [-0.1, -0.05) is 19.9 Å². The molecule has 84 valence electrons. The van der Waals surface area contributed by atoms with E-state index in [-0.39, 0.29) is 5.92 Å². The number of rotatable bonds is 3. The third-order valence-corrected chi connectivity index (χ3v) is 2.62. The van der Waals surface area contributed by atoms with Crippen LogP contribution in [0.5, 0.6) is 0 Å². The maximum Gasteiger partial charge on any atom is 0.312 e. The number of nitrogens with zero attached hydrogens (tertiary/aromatic N) is 3. The molecule has 5 heteroatoms. The zero-order valence-electron chi connectivity index (χ0n) is 9.16. The largest absolute Gasteiger partial charge is 0.481 e. The van der Waals surface area contributed by atoms with Crippen molar-refractivity contribution < 1.29 is 9.90 Å². The van der Waals surface area contributed by atoms with Gasteiger partial charge in [0.15, 0.2) is 5.65 Å². The van der Waals surface area contributed by atoms with Gasteiger partial charge in [0.1, 0.15) is 6.33 Å². The van der Waals surface area contributed by atoms with Crippen LogP contribution in [0.1, 0.15) is 25.5 Å². The minimum Gasteiger partial charge on any atom is -0.481 e. The van der Waals surface area contributed by atoms with E-state index in [0.29, 0.717) is 11.3 Å². The summed E-state index contributed by atoms with van der Waals surface area (Å²) in [5.41, 5.74) is 1.38. The van der Waals surface area contributed by atoms with Gasteiger partial charge in [-0.05, 0) is 18.1 Å². The third-order valence-electron chi connectivity index (χ3n) is 2.62. The first-order valence-electron chi connectivity index (χ1n) is 5.12. The van der Waals surface area contributed by atoms with Crippen LogP contribution in [0, 0.1) is 5.92 Å². The summed E-state index contributed by atoms with van der Waals surface area (Å²) < 4.78 is 1.72. The van der Waals surface area contributed by atoms with Gasteiger partial charge in [0, 0.05) is 5.69 Å². The van der Waals surface area contributed by atoms with Gasteiger partial charge < -0.3 is 5.11 Å². The monoisotopic (exact) mass is 219 g/mol. The van der Waals surface area contributed by atoms with E-state index in [1.165, 1.54) is 0 Å². The highest BCUT2D eigenvalue weighted by Crippen LogP contribution is 2.24. The second kappa shape index (κ2) is 3.92. The van der Waals surface area contributed by atoms with Crippen LogP contribution in [-0.4, -0.2) is 25.7 Å². The molecule has 1 N–H and O–H groups in total. The summed E-state index contributed by atoms with van der Waals surface area (Å²) in [4.78, 5) is 11.3. The summed E-state index contributed by atoms with van der Waals surface area (Å²) in [7, 11) is 0. The van der Waals surface area contributed by atoms with Crippen LogP contribution in [0.15, 0.2) is 24.5 Å². The fourth-order valence-electron chi connectivity index (χ4n) is 1.88. The number of carboxylic acids is 1. The van der Waals surface area contributed by atoms with Gasteiger partial charge in [0.05, 0.1) is 5.92 Å². The van der Waals surface area contributed by atoms with Crippen molar-refractivity contribution in [1.82, 2.24) is 14.6 Å². The number of fused-ring (bicyclic) bond motifs is 1. The predicted octanol–water partition coefficient (Wildman–Crippen LogP) is 1.55. The van der Waals surface area contributed by atoms with Crippen molar-refractivity contribution >= 4 is 11.6 Å². The molecule has 5 nitrogen and oxygen atoms in total. The fraction of sp³-hybridized carbons (Fsp3) is 0.364. The Bertz CT molecular complexity index is 519. The summed E-state index contributed by atoms with van der Waals surface area (Å²) in [6.45, 7) is 3.78. The molecule has 0 aliphatic carbocycles. The van der Waals surface area contributed by atoms with Gasteiger partial charge in [0.25, 0.3) is 0 Å². The molecule has 2 aromatic rings. The average molecular weight is 219 g/mol. The van der Waals surface area contributed by atoms with Crippen molar-refractivity contribution in [2.75, 3.05) is 0 Å². The maximum atomic E-state index is 11.3. The van der Waals surface area contributed by atoms with Crippen LogP contribution in [0.4, 0.5) is 0 Å². The Labute approximate surface area is 92.7 Å². The number of hydrogen-bond acceptors (Lipinski definition) is 3. The van der Waals surface area contributed by atoms with Crippen LogP contribution >= 0.6 is 0 Å². The Balaban J connectivity index is 2.60. The standard InChI is InChI=1S/C11H13N3O2/c1-7(2)10(11(15)16)8-4-3-5-9-13-12-6-14(8)9/h3-7,10H,1-2H3,(H,15,16). The van der Waals surface area contributed by atoms with E-state index in [1.54, 1.807) is 28.9 Å². The fourth-order valence-corrected chi connectivity index (χ4v) is 1.88. The summed E-state index contributed by atoms with van der Waals surface area (Å²) in [5.74, 6) is -1.35. The van der Waals surface area contributed by atoms with Crippen LogP contribution < -0.4 is 0 Å². The minimum absolute atomic E-state index is 0.0190. The lowest BCUT2D eigenvalue weighted by molar-refractivity contribution is -0.140. The molecule has 1 atom stereocenters. The zero-order chi connectivity index (χ0) is 11.7. The number of aliphatic carboxylic acids is 1. The van der Waals surface area contributed by atoms with Crippen molar-refractivity contribution in [3.63, 3.8) is 0 Å². The first-order valence-corrected chi connectivity index (χ1v) is 5.12. The molecule has 0 bridgehead atoms. The van der Waals surface area contributed by atoms with E-state index in [1.807, 2.05) is 13.8 Å². The molecule has 2 heterocycles. The molecule has 2 aromatic heterocycles. The quantitative estimate of drug-likeness (QED) is 0.850. The van der Waals surface area contributed by atoms with E-state index in [9.17, 15) is 9.90 Å². The molecule has 0 amide bonds. The smallest absolute Gasteiger partial charge is 0.312 e. The van der Waals surface area contributed by atoms with E-state index in [2.05, 4.69) is 10.2 Å². The Kier molecular flexibility index (Phi) is 2.60. The van der Waals surface area contributed by atoms with Gasteiger partial charge in [-0.3, -0.25) is 9.20 Å². The number of pyridine rings is 1. The number of carboxylic acid groups (broad SMARTS) is 1. The third kappa shape index (κ3) is 1.64. The lowest BCUT2D eigenvalue weighted by atomic mass is 9.92. The predicted molar refractivity (Wildman–Crippen MR) is 58.2 cm³/mol. The molecule has 16 heavy (non-hydrogen) atoms. The second-order valence-corrected chi connectivity index (χ2v) is 4.07. The van der Waals surface area contributed by atoms with Gasteiger partial charge in [-0.2, -0.15) is 0 Å². The van der Waals surface area contributed by atoms with Crippen molar-refractivity contribution in [1.29, 1.82) is 0 Å². The molecule has 0 fully saturated rings. The summed E-state index contributed by atoms with van der Waals surface area (Å²) in [5, 5.41) is 16.9. The number of aromatic nitrogens is 3. The lowest BCUT2D eigenvalue weighted by Crippen LogP contribution is -2.20. The Hall–Kier alpha value is -1.91. The second-order valence-electron chi connectivity index (χ2n) is 4.07. The summed E-state index contributed by atoms with van der Waals surface area (Å²) in [6, 6.07) is 5.41. The van der Waals surface area contributed by atoms with Crippen LogP contribution in [0.25, 0.3) is 5.65 Å². The van der Waals surface area contributed by atoms with Crippen LogP contribution in [-0.2, 0) is 4.79 Å². The van der Waals surface area contributed by atoms with E-state index in [4.69, 9.17) is 0 Å². The van der Waals surface area contributed by atoms with Gasteiger partial charge in [-0.15, -0.1) is 10.2 Å². The van der Waals surface area contributed by atoms with Gasteiger partial charge in [-0.25, -0.2) is 0 Å². The molecule has 1 unspecified atom stereocenters. The molecule has 0 saturated carbocycles. The van der Waals surface area contributed by atoms with Crippen molar-refractivity contribution in [2.24, 2.45) is 5.92 Å². The van der Waals surface area contributed by atoms with Gasteiger partial charge >= 0.3 is 5.97 Å². The summed E-state index contributed by atoms with van der Waals surface area (Å²) in [6.07, 6.45) is 1.54. The molecule has 0 aliphatic heterocycles. The normalized spacial score (nSPS) is 13.2. The Morgan fingerprint density at radius 2 is 2.19 bits per heavy atom. The molecule has 0 saturated heterocycles. The Morgan fingerprint density at radius 3 is 2.81 bits per heavy atom. The summed E-state index contributed by atoms with van der Waals surface area (Å²) >= 11 is 0. The first-order chi connectivity index (χ1) is 7.61. The molecule has 0 spiro atoms.